The summed E-state index contributed by atoms with van der Waals surface area (Å²) in [5.74, 6) is 0.511. The zero-order valence-corrected chi connectivity index (χ0v) is 18.5. The van der Waals surface area contributed by atoms with Crippen LogP contribution < -0.4 is 10.2 Å². The van der Waals surface area contributed by atoms with Crippen LogP contribution in [0.2, 0.25) is 0 Å². The molecular formula is C25H30O6. The lowest BCUT2D eigenvalue weighted by molar-refractivity contribution is -0.215. The SMILES string of the molecule is C/C=C/C=C/c1cc(=O)c2c(o1)O[C@]1(C)CC[C@@]3(O)C(C)(C)C(=O)CC[C@]3(CO)C1=C2. The summed E-state index contributed by atoms with van der Waals surface area (Å²) in [6.07, 6.45) is 10.2. The summed E-state index contributed by atoms with van der Waals surface area (Å²) in [5, 5.41) is 22.5. The maximum absolute atomic E-state index is 12.9. The summed E-state index contributed by atoms with van der Waals surface area (Å²) in [4.78, 5) is 25.6. The molecule has 3 aliphatic rings. The van der Waals surface area contributed by atoms with E-state index in [0.717, 1.165) is 0 Å². The Labute approximate surface area is 181 Å². The lowest BCUT2D eigenvalue weighted by Gasteiger charge is -2.64. The first-order valence-corrected chi connectivity index (χ1v) is 10.8. The summed E-state index contributed by atoms with van der Waals surface area (Å²) in [6.45, 7) is 6.94. The zero-order chi connectivity index (χ0) is 22.7. The maximum Gasteiger partial charge on any atom is 0.297 e. The van der Waals surface area contributed by atoms with Gasteiger partial charge in [0, 0.05) is 17.9 Å². The van der Waals surface area contributed by atoms with E-state index in [-0.39, 0.29) is 35.7 Å². The molecule has 1 aromatic rings. The van der Waals surface area contributed by atoms with E-state index in [1.54, 1.807) is 32.1 Å². The Morgan fingerprint density at radius 2 is 1.87 bits per heavy atom. The number of rotatable bonds is 3. The second-order valence-electron chi connectivity index (χ2n) is 9.64. The molecular weight excluding hydrogens is 396 g/mol. The first-order valence-electron chi connectivity index (χ1n) is 10.8. The smallest absolute Gasteiger partial charge is 0.297 e. The van der Waals surface area contributed by atoms with Gasteiger partial charge < -0.3 is 19.4 Å². The van der Waals surface area contributed by atoms with Gasteiger partial charge in [0.15, 0.2) is 5.43 Å². The van der Waals surface area contributed by atoms with E-state index in [1.807, 2.05) is 26.0 Å². The molecule has 1 aromatic heterocycles. The Kier molecular flexibility index (Phi) is 4.94. The molecule has 2 aliphatic carbocycles. The molecule has 3 atom stereocenters. The van der Waals surface area contributed by atoms with Gasteiger partial charge in [0.2, 0.25) is 0 Å². The first-order chi connectivity index (χ1) is 14.5. The van der Waals surface area contributed by atoms with Gasteiger partial charge in [-0.1, -0.05) is 32.1 Å². The van der Waals surface area contributed by atoms with Crippen LogP contribution in [0.3, 0.4) is 0 Å². The third-order valence-electron chi connectivity index (χ3n) is 7.76. The predicted molar refractivity (Wildman–Crippen MR) is 118 cm³/mol. The number of Topliss-reactive ketones (excluding diaryl/α,β-unsaturated/α-hetero) is 1. The fourth-order valence-corrected chi connectivity index (χ4v) is 5.73. The van der Waals surface area contributed by atoms with Crippen LogP contribution in [-0.2, 0) is 4.79 Å². The van der Waals surface area contributed by atoms with Crippen molar-refractivity contribution in [1.29, 1.82) is 0 Å². The van der Waals surface area contributed by atoms with E-state index in [1.165, 1.54) is 6.07 Å². The lowest BCUT2D eigenvalue weighted by atomic mass is 9.44. The van der Waals surface area contributed by atoms with Crippen molar-refractivity contribution in [3.63, 3.8) is 0 Å². The van der Waals surface area contributed by atoms with E-state index in [9.17, 15) is 19.8 Å². The standard InChI is InChI=1S/C25H30O6/c1-5-6-7-8-16-13-18(27)17-14-19-23(4,31-21(17)30-16)11-12-25(29)22(2,3)20(28)9-10-24(19,25)15-26/h5-8,13-14,26,29H,9-12,15H2,1-4H3/b6-5+,8-7+/t23-,24+,25-/m1/s1. The molecule has 6 nitrogen and oxygen atoms in total. The van der Waals surface area contributed by atoms with Gasteiger partial charge in [-0.3, -0.25) is 9.59 Å². The summed E-state index contributed by atoms with van der Waals surface area (Å²) in [6, 6.07) is 1.40. The predicted octanol–water partition coefficient (Wildman–Crippen LogP) is 3.66. The summed E-state index contributed by atoms with van der Waals surface area (Å²) in [7, 11) is 0. The molecule has 0 bridgehead atoms. The fraction of sp³-hybridized carbons (Fsp3) is 0.520. The van der Waals surface area contributed by atoms with E-state index < -0.39 is 22.0 Å². The molecule has 2 heterocycles. The molecule has 0 amide bonds. The average Bonchev–Trinajstić information content (AvgIpc) is 2.71. The highest BCUT2D eigenvalue weighted by Gasteiger charge is 2.70. The highest BCUT2D eigenvalue weighted by atomic mass is 16.6. The first kappa shape index (κ1) is 21.8. The van der Waals surface area contributed by atoms with Crippen molar-refractivity contribution in [2.45, 2.75) is 64.6 Å². The van der Waals surface area contributed by atoms with Gasteiger partial charge in [-0.2, -0.15) is 0 Å². The van der Waals surface area contributed by atoms with Gasteiger partial charge in [-0.15, -0.1) is 0 Å². The number of ether oxygens (including phenoxy) is 1. The molecule has 6 heteroatoms. The summed E-state index contributed by atoms with van der Waals surface area (Å²) < 4.78 is 12.1. The largest absolute Gasteiger partial charge is 0.454 e. The Hall–Kier alpha value is -2.44. The monoisotopic (exact) mass is 426 g/mol. The van der Waals surface area contributed by atoms with Gasteiger partial charge in [0.25, 0.3) is 5.95 Å². The molecule has 4 rings (SSSR count). The zero-order valence-electron chi connectivity index (χ0n) is 18.5. The normalized spacial score (nSPS) is 34.1. The Bertz CT molecular complexity index is 1070. The molecule has 0 unspecified atom stereocenters. The third kappa shape index (κ3) is 2.84. The number of fused-ring (bicyclic) bond motifs is 4. The van der Waals surface area contributed by atoms with E-state index in [4.69, 9.17) is 9.15 Å². The van der Waals surface area contributed by atoms with Crippen molar-refractivity contribution in [3.8, 4) is 5.95 Å². The molecule has 0 aromatic carbocycles. The second-order valence-corrected chi connectivity index (χ2v) is 9.64. The molecule has 166 valence electrons. The molecule has 1 aliphatic heterocycles. The minimum absolute atomic E-state index is 0.0162. The van der Waals surface area contributed by atoms with E-state index in [2.05, 4.69) is 0 Å². The van der Waals surface area contributed by atoms with Crippen LogP contribution in [-0.4, -0.2) is 33.8 Å². The fourth-order valence-electron chi connectivity index (χ4n) is 5.73. The van der Waals surface area contributed by atoms with Crippen LogP contribution in [0.4, 0.5) is 0 Å². The number of aliphatic hydroxyl groups is 2. The molecule has 2 N–H and O–H groups in total. The second kappa shape index (κ2) is 7.04. The summed E-state index contributed by atoms with van der Waals surface area (Å²) >= 11 is 0. The van der Waals surface area contributed by atoms with Gasteiger partial charge in [0.1, 0.15) is 22.7 Å². The lowest BCUT2D eigenvalue weighted by Crippen LogP contribution is -2.71. The van der Waals surface area contributed by atoms with Crippen molar-refractivity contribution in [2.24, 2.45) is 10.8 Å². The number of hydrogen-bond donors (Lipinski definition) is 2. The molecule has 2 fully saturated rings. The highest BCUT2D eigenvalue weighted by molar-refractivity contribution is 5.87. The Balaban J connectivity index is 1.90. The van der Waals surface area contributed by atoms with Crippen LogP contribution in [0.15, 0.2) is 39.1 Å². The maximum atomic E-state index is 12.9. The van der Waals surface area contributed by atoms with E-state index in [0.29, 0.717) is 30.6 Å². The molecule has 0 spiro atoms. The van der Waals surface area contributed by atoms with Crippen molar-refractivity contribution in [3.05, 3.63) is 51.4 Å². The van der Waals surface area contributed by atoms with Gasteiger partial charge in [0.05, 0.1) is 17.6 Å². The number of carbonyl (C=O) groups excluding carboxylic acids is 1. The van der Waals surface area contributed by atoms with Gasteiger partial charge in [-0.05, 0) is 50.8 Å². The third-order valence-corrected chi connectivity index (χ3v) is 7.76. The topological polar surface area (TPSA) is 97.0 Å². The Morgan fingerprint density at radius 1 is 1.13 bits per heavy atom. The number of carbonyl (C=O) groups is 1. The number of ketones is 1. The molecule has 2 saturated carbocycles. The van der Waals surface area contributed by atoms with Crippen LogP contribution in [0.25, 0.3) is 12.2 Å². The molecule has 31 heavy (non-hydrogen) atoms. The molecule has 0 saturated heterocycles. The van der Waals surface area contributed by atoms with Crippen LogP contribution in [0.5, 0.6) is 5.95 Å². The summed E-state index contributed by atoms with van der Waals surface area (Å²) in [5.41, 5.74) is -3.74. The Morgan fingerprint density at radius 3 is 2.55 bits per heavy atom. The average molecular weight is 427 g/mol. The van der Waals surface area contributed by atoms with Crippen LogP contribution in [0, 0.1) is 10.8 Å². The quantitative estimate of drug-likeness (QED) is 0.716. The van der Waals surface area contributed by atoms with Crippen molar-refractivity contribution < 1.29 is 24.2 Å². The van der Waals surface area contributed by atoms with Crippen molar-refractivity contribution >= 4 is 17.9 Å². The minimum atomic E-state index is -1.44. The van der Waals surface area contributed by atoms with Gasteiger partial charge in [-0.25, -0.2) is 0 Å². The number of hydrogen-bond acceptors (Lipinski definition) is 6. The van der Waals surface area contributed by atoms with Crippen LogP contribution in [0.1, 0.15) is 64.7 Å². The van der Waals surface area contributed by atoms with Gasteiger partial charge >= 0.3 is 0 Å². The van der Waals surface area contributed by atoms with Crippen LogP contribution >= 0.6 is 0 Å². The highest BCUT2D eigenvalue weighted by Crippen LogP contribution is 2.64. The van der Waals surface area contributed by atoms with E-state index >= 15 is 0 Å². The van der Waals surface area contributed by atoms with Crippen molar-refractivity contribution in [2.75, 3.05) is 6.61 Å². The molecule has 0 radical (unpaired) electrons. The minimum Gasteiger partial charge on any atom is -0.454 e. The number of allylic oxidation sites excluding steroid dienone is 3. The van der Waals surface area contributed by atoms with Crippen molar-refractivity contribution in [1.82, 2.24) is 0 Å². The number of aliphatic hydroxyl groups excluding tert-OH is 1.